The van der Waals surface area contributed by atoms with Gasteiger partial charge in [0.15, 0.2) is 11.5 Å². The number of nitriles is 1. The molecular formula is C15H13N5O2. The average molecular weight is 295 g/mol. The number of nitrogen functional groups attached to an aromatic ring is 2. The lowest BCUT2D eigenvalue weighted by molar-refractivity contribution is 0.331. The lowest BCUT2D eigenvalue weighted by atomic mass is 10.1. The molecule has 0 unspecified atom stereocenters. The van der Waals surface area contributed by atoms with Gasteiger partial charge in [-0.05, 0) is 18.2 Å². The van der Waals surface area contributed by atoms with Crippen LogP contribution in [0.1, 0.15) is 5.56 Å². The molecular weight excluding hydrogens is 282 g/mol. The van der Waals surface area contributed by atoms with E-state index in [-0.39, 0.29) is 23.9 Å². The van der Waals surface area contributed by atoms with Crippen molar-refractivity contribution in [1.82, 2.24) is 9.97 Å². The minimum absolute atomic E-state index is 0.0200. The number of methoxy groups -OCH3 is 1. The van der Waals surface area contributed by atoms with Crippen LogP contribution in [0.25, 0.3) is 11.3 Å². The van der Waals surface area contributed by atoms with Crippen LogP contribution in [0.3, 0.4) is 0 Å². The van der Waals surface area contributed by atoms with E-state index in [1.54, 1.807) is 18.2 Å². The summed E-state index contributed by atoms with van der Waals surface area (Å²) >= 11 is 0. The second-order valence-corrected chi connectivity index (χ2v) is 4.16. The van der Waals surface area contributed by atoms with Crippen LogP contribution in [0.5, 0.6) is 11.5 Å². The lowest BCUT2D eigenvalue weighted by Gasteiger charge is -2.12. The summed E-state index contributed by atoms with van der Waals surface area (Å²) in [6.07, 6.45) is 5.19. The van der Waals surface area contributed by atoms with E-state index >= 15 is 0 Å². The van der Waals surface area contributed by atoms with E-state index in [1.807, 2.05) is 6.07 Å². The Hall–Kier alpha value is -3.45. The zero-order valence-corrected chi connectivity index (χ0v) is 11.8. The van der Waals surface area contributed by atoms with Gasteiger partial charge in [-0.3, -0.25) is 0 Å². The molecule has 0 atom stereocenters. The molecule has 7 nitrogen and oxygen atoms in total. The highest BCUT2D eigenvalue weighted by Crippen LogP contribution is 2.34. The Balaban J connectivity index is 2.59. The van der Waals surface area contributed by atoms with Gasteiger partial charge in [-0.2, -0.15) is 10.2 Å². The molecule has 0 radical (unpaired) electrons. The van der Waals surface area contributed by atoms with Crippen LogP contribution >= 0.6 is 0 Å². The number of benzene rings is 1. The van der Waals surface area contributed by atoms with Gasteiger partial charge in [-0.1, -0.05) is 5.92 Å². The van der Waals surface area contributed by atoms with E-state index in [2.05, 4.69) is 15.9 Å². The predicted molar refractivity (Wildman–Crippen MR) is 81.9 cm³/mol. The van der Waals surface area contributed by atoms with Gasteiger partial charge in [0.2, 0.25) is 5.95 Å². The SMILES string of the molecule is C#CCOc1cc(-c2nc(N)nc(N)c2C#N)ccc1OC. The molecule has 0 spiro atoms. The summed E-state index contributed by atoms with van der Waals surface area (Å²) in [6.45, 7) is 0.0823. The molecule has 0 bridgehead atoms. The molecule has 0 amide bonds. The van der Waals surface area contributed by atoms with Gasteiger partial charge in [0.1, 0.15) is 24.1 Å². The number of nitrogens with zero attached hydrogens (tertiary/aromatic N) is 3. The normalized spacial score (nSPS) is 9.59. The third kappa shape index (κ3) is 2.84. The molecule has 0 saturated heterocycles. The highest BCUT2D eigenvalue weighted by atomic mass is 16.5. The lowest BCUT2D eigenvalue weighted by Crippen LogP contribution is -2.05. The Morgan fingerprint density at radius 2 is 2.05 bits per heavy atom. The molecule has 2 rings (SSSR count). The van der Waals surface area contributed by atoms with Crippen LogP contribution in [-0.4, -0.2) is 23.7 Å². The zero-order chi connectivity index (χ0) is 16.1. The van der Waals surface area contributed by atoms with Crippen molar-refractivity contribution in [2.24, 2.45) is 0 Å². The van der Waals surface area contributed by atoms with Gasteiger partial charge in [0.25, 0.3) is 0 Å². The first kappa shape index (κ1) is 14.9. The van der Waals surface area contributed by atoms with Gasteiger partial charge >= 0.3 is 0 Å². The molecule has 1 aromatic carbocycles. The van der Waals surface area contributed by atoms with Crippen LogP contribution in [0.2, 0.25) is 0 Å². The smallest absolute Gasteiger partial charge is 0.222 e. The van der Waals surface area contributed by atoms with Crippen molar-refractivity contribution in [2.75, 3.05) is 25.2 Å². The molecule has 2 aromatic rings. The monoisotopic (exact) mass is 295 g/mol. The van der Waals surface area contributed by atoms with Gasteiger partial charge in [-0.15, -0.1) is 6.42 Å². The molecule has 0 saturated carbocycles. The van der Waals surface area contributed by atoms with Gasteiger partial charge in [0.05, 0.1) is 12.8 Å². The predicted octanol–water partition coefficient (Wildman–Crippen LogP) is 1.20. The molecule has 0 aliphatic rings. The van der Waals surface area contributed by atoms with Crippen molar-refractivity contribution in [3.8, 4) is 41.2 Å². The molecule has 0 aliphatic heterocycles. The summed E-state index contributed by atoms with van der Waals surface area (Å²) < 4.78 is 10.6. The quantitative estimate of drug-likeness (QED) is 0.813. The number of anilines is 2. The molecule has 0 fully saturated rings. The summed E-state index contributed by atoms with van der Waals surface area (Å²) in [6, 6.07) is 7.01. The van der Waals surface area contributed by atoms with E-state index in [0.29, 0.717) is 22.8 Å². The maximum Gasteiger partial charge on any atom is 0.222 e. The fraction of sp³-hybridized carbons (Fsp3) is 0.133. The summed E-state index contributed by atoms with van der Waals surface area (Å²) in [5.74, 6) is 3.31. The minimum Gasteiger partial charge on any atom is -0.493 e. The minimum atomic E-state index is -0.0200. The molecule has 0 aliphatic carbocycles. The van der Waals surface area contributed by atoms with E-state index in [1.165, 1.54) is 7.11 Å². The average Bonchev–Trinajstić information content (AvgIpc) is 2.52. The topological polar surface area (TPSA) is 120 Å². The van der Waals surface area contributed by atoms with Crippen LogP contribution in [0.4, 0.5) is 11.8 Å². The number of hydrogen-bond acceptors (Lipinski definition) is 7. The third-order valence-electron chi connectivity index (χ3n) is 2.81. The first-order valence-electron chi connectivity index (χ1n) is 6.18. The van der Waals surface area contributed by atoms with Gasteiger partial charge in [-0.25, -0.2) is 4.98 Å². The molecule has 7 heteroatoms. The highest BCUT2D eigenvalue weighted by Gasteiger charge is 2.15. The van der Waals surface area contributed by atoms with Crippen molar-refractivity contribution >= 4 is 11.8 Å². The first-order valence-corrected chi connectivity index (χ1v) is 6.18. The third-order valence-corrected chi connectivity index (χ3v) is 2.81. The highest BCUT2D eigenvalue weighted by molar-refractivity contribution is 5.74. The zero-order valence-electron chi connectivity index (χ0n) is 11.8. The van der Waals surface area contributed by atoms with Gasteiger partial charge in [0, 0.05) is 5.56 Å². The summed E-state index contributed by atoms with van der Waals surface area (Å²) in [4.78, 5) is 7.86. The molecule has 110 valence electrons. The second kappa shape index (κ2) is 6.33. The molecule has 22 heavy (non-hydrogen) atoms. The van der Waals surface area contributed by atoms with Gasteiger partial charge < -0.3 is 20.9 Å². The van der Waals surface area contributed by atoms with Crippen LogP contribution in [0, 0.1) is 23.7 Å². The van der Waals surface area contributed by atoms with E-state index in [0.717, 1.165) is 0 Å². The number of terminal acetylenes is 1. The fourth-order valence-corrected chi connectivity index (χ4v) is 1.87. The largest absolute Gasteiger partial charge is 0.493 e. The Labute approximate surface area is 127 Å². The second-order valence-electron chi connectivity index (χ2n) is 4.16. The van der Waals surface area contributed by atoms with Crippen molar-refractivity contribution in [2.45, 2.75) is 0 Å². The summed E-state index contributed by atoms with van der Waals surface area (Å²) in [5, 5.41) is 9.23. The van der Waals surface area contributed by atoms with E-state index in [4.69, 9.17) is 27.4 Å². The Morgan fingerprint density at radius 1 is 1.27 bits per heavy atom. The van der Waals surface area contributed by atoms with E-state index < -0.39 is 0 Å². The fourth-order valence-electron chi connectivity index (χ4n) is 1.87. The number of nitrogens with two attached hydrogens (primary N) is 2. The van der Waals surface area contributed by atoms with E-state index in [9.17, 15) is 5.26 Å². The number of hydrogen-bond donors (Lipinski definition) is 2. The standard InChI is InChI=1S/C15H13N5O2/c1-3-6-22-12-7-9(4-5-11(12)21-2)13-10(8-16)14(17)20-15(18)19-13/h1,4-5,7H,6H2,2H3,(H4,17,18,19,20). The number of ether oxygens (including phenoxy) is 2. The first-order chi connectivity index (χ1) is 10.6. The van der Waals surface area contributed by atoms with Crippen molar-refractivity contribution in [1.29, 1.82) is 5.26 Å². The number of rotatable bonds is 4. The van der Waals surface area contributed by atoms with Crippen LogP contribution in [0.15, 0.2) is 18.2 Å². The maximum atomic E-state index is 9.23. The molecule has 1 heterocycles. The van der Waals surface area contributed by atoms with Crippen molar-refractivity contribution in [3.63, 3.8) is 0 Å². The Morgan fingerprint density at radius 3 is 2.68 bits per heavy atom. The summed E-state index contributed by atoms with van der Waals surface area (Å²) in [5.41, 5.74) is 12.4. The molecule has 4 N–H and O–H groups in total. The Kier molecular flexibility index (Phi) is 4.30. The number of aromatic nitrogens is 2. The maximum absolute atomic E-state index is 9.23. The Bertz CT molecular complexity index is 790. The van der Waals surface area contributed by atoms with Crippen molar-refractivity contribution in [3.05, 3.63) is 23.8 Å². The summed E-state index contributed by atoms with van der Waals surface area (Å²) in [7, 11) is 1.51. The molecule has 1 aromatic heterocycles. The van der Waals surface area contributed by atoms with Crippen LogP contribution in [-0.2, 0) is 0 Å². The van der Waals surface area contributed by atoms with Crippen molar-refractivity contribution < 1.29 is 9.47 Å². The van der Waals surface area contributed by atoms with Crippen LogP contribution < -0.4 is 20.9 Å².